The molecule has 1 saturated heterocycles. The molecule has 1 aliphatic heterocycles. The van der Waals surface area contributed by atoms with Crippen LogP contribution in [0.3, 0.4) is 0 Å². The quantitative estimate of drug-likeness (QED) is 0.848. The smallest absolute Gasteiger partial charge is 0.259 e. The van der Waals surface area contributed by atoms with Crippen molar-refractivity contribution in [2.45, 2.75) is 13.0 Å². The zero-order chi connectivity index (χ0) is 17.4. The van der Waals surface area contributed by atoms with Crippen LogP contribution < -0.4 is 15.0 Å². The Kier molecular flexibility index (Phi) is 3.96. The van der Waals surface area contributed by atoms with Gasteiger partial charge in [0.2, 0.25) is 5.88 Å². The molecule has 0 bridgehead atoms. The molecule has 1 aromatic heterocycles. The van der Waals surface area contributed by atoms with Gasteiger partial charge in [-0.05, 0) is 31.2 Å². The van der Waals surface area contributed by atoms with E-state index in [1.165, 1.54) is 41.0 Å². The zero-order valence-electron chi connectivity index (χ0n) is 13.5. The molecule has 1 atom stereocenters. The number of nitrogens with zero attached hydrogens (tertiary/aromatic N) is 3. The molecule has 0 unspecified atom stereocenters. The summed E-state index contributed by atoms with van der Waals surface area (Å²) in [5.41, 5.74) is 1.43. The fourth-order valence-electron chi connectivity index (χ4n) is 2.75. The van der Waals surface area contributed by atoms with Gasteiger partial charge in [0.1, 0.15) is 17.4 Å². The number of carbonyl (C=O) groups excluding carboxylic acids is 2. The lowest BCUT2D eigenvalue weighted by atomic mass is 10.1. The minimum Gasteiger partial charge on any atom is -0.481 e. The highest BCUT2D eigenvalue weighted by atomic mass is 19.1. The molecule has 1 aliphatic rings. The number of β-lactam (4-membered cyclic amide) rings is 1. The predicted molar refractivity (Wildman–Crippen MR) is 84.5 cm³/mol. The van der Waals surface area contributed by atoms with Gasteiger partial charge >= 0.3 is 0 Å². The lowest BCUT2D eigenvalue weighted by Gasteiger charge is -2.38. The molecule has 7 nitrogen and oxygen atoms in total. The van der Waals surface area contributed by atoms with E-state index in [2.05, 4.69) is 10.4 Å². The van der Waals surface area contributed by atoms with Crippen molar-refractivity contribution in [3.63, 3.8) is 0 Å². The van der Waals surface area contributed by atoms with Crippen molar-refractivity contribution in [3.05, 3.63) is 41.3 Å². The highest BCUT2D eigenvalue weighted by Gasteiger charge is 2.39. The second-order valence-corrected chi connectivity index (χ2v) is 5.54. The highest BCUT2D eigenvalue weighted by Crippen LogP contribution is 2.24. The van der Waals surface area contributed by atoms with E-state index in [4.69, 9.17) is 4.74 Å². The fourth-order valence-corrected chi connectivity index (χ4v) is 2.75. The minimum absolute atomic E-state index is 0.240. The van der Waals surface area contributed by atoms with Crippen LogP contribution >= 0.6 is 0 Å². The number of carbonyl (C=O) groups is 2. The van der Waals surface area contributed by atoms with Gasteiger partial charge in [0, 0.05) is 12.7 Å². The summed E-state index contributed by atoms with van der Waals surface area (Å²) in [4.78, 5) is 26.1. The van der Waals surface area contributed by atoms with Gasteiger partial charge in [-0.25, -0.2) is 9.07 Å². The molecule has 0 aliphatic carbocycles. The van der Waals surface area contributed by atoms with E-state index in [9.17, 15) is 14.0 Å². The molecule has 2 aromatic rings. The van der Waals surface area contributed by atoms with Crippen molar-refractivity contribution in [1.82, 2.24) is 15.1 Å². The molecule has 3 rings (SSSR count). The lowest BCUT2D eigenvalue weighted by Crippen LogP contribution is -2.64. The third-order valence-corrected chi connectivity index (χ3v) is 3.96. The van der Waals surface area contributed by atoms with Gasteiger partial charge in [-0.1, -0.05) is 0 Å². The number of aryl methyl sites for hydroxylation is 2. The van der Waals surface area contributed by atoms with E-state index in [1.807, 2.05) is 0 Å². The molecular formula is C16H17FN4O3. The molecule has 2 amide bonds. The first-order chi connectivity index (χ1) is 11.4. The van der Waals surface area contributed by atoms with E-state index in [0.29, 0.717) is 29.4 Å². The van der Waals surface area contributed by atoms with Crippen LogP contribution in [0.15, 0.2) is 24.3 Å². The summed E-state index contributed by atoms with van der Waals surface area (Å²) in [5, 5.41) is 6.83. The summed E-state index contributed by atoms with van der Waals surface area (Å²) in [6.07, 6.45) is 0. The summed E-state index contributed by atoms with van der Waals surface area (Å²) in [7, 11) is 3.13. The van der Waals surface area contributed by atoms with Crippen molar-refractivity contribution in [2.24, 2.45) is 7.05 Å². The summed E-state index contributed by atoms with van der Waals surface area (Å²) >= 11 is 0. The summed E-state index contributed by atoms with van der Waals surface area (Å²) in [5.74, 6) is -0.673. The average Bonchev–Trinajstić information content (AvgIpc) is 2.85. The Morgan fingerprint density at radius 3 is 2.62 bits per heavy atom. The molecule has 24 heavy (non-hydrogen) atoms. The van der Waals surface area contributed by atoms with Crippen LogP contribution in [-0.4, -0.2) is 41.3 Å². The average molecular weight is 332 g/mol. The topological polar surface area (TPSA) is 76.5 Å². The number of ether oxygens (including phenoxy) is 1. The molecule has 8 heteroatoms. The van der Waals surface area contributed by atoms with Gasteiger partial charge in [-0.15, -0.1) is 0 Å². The van der Waals surface area contributed by atoms with E-state index >= 15 is 0 Å². The second-order valence-electron chi connectivity index (χ2n) is 5.54. The first kappa shape index (κ1) is 16.0. The number of amides is 2. The number of aromatic nitrogens is 2. The van der Waals surface area contributed by atoms with Crippen molar-refractivity contribution < 1.29 is 18.7 Å². The summed E-state index contributed by atoms with van der Waals surface area (Å²) in [6.45, 7) is 2.03. The standard InChI is InChI=1S/C16H17FN4O3/c1-9-13(16(24-3)20(2)19-9)14(22)18-12-8-21(15(12)23)11-6-4-10(17)5-7-11/h4-7,12H,8H2,1-3H3,(H,18,22)/t12-/m0/s1. The van der Waals surface area contributed by atoms with Crippen LogP contribution in [0.25, 0.3) is 0 Å². The first-order valence-corrected chi connectivity index (χ1v) is 7.37. The molecule has 0 radical (unpaired) electrons. The number of halogens is 1. The van der Waals surface area contributed by atoms with Crippen molar-refractivity contribution in [3.8, 4) is 5.88 Å². The van der Waals surface area contributed by atoms with Gasteiger partial charge < -0.3 is 15.0 Å². The summed E-state index contributed by atoms with van der Waals surface area (Å²) in [6, 6.07) is 5.02. The van der Waals surface area contributed by atoms with E-state index < -0.39 is 11.9 Å². The fraction of sp³-hybridized carbons (Fsp3) is 0.312. The van der Waals surface area contributed by atoms with Crippen LogP contribution in [0, 0.1) is 12.7 Å². The van der Waals surface area contributed by atoms with Crippen molar-refractivity contribution >= 4 is 17.5 Å². The Hall–Kier alpha value is -2.90. The Morgan fingerprint density at radius 2 is 2.04 bits per heavy atom. The number of anilines is 1. The maximum Gasteiger partial charge on any atom is 0.259 e. The van der Waals surface area contributed by atoms with Gasteiger partial charge in [0.15, 0.2) is 0 Å². The predicted octanol–water partition coefficient (Wildman–Crippen LogP) is 1.02. The molecule has 0 spiro atoms. The molecule has 126 valence electrons. The van der Waals surface area contributed by atoms with Crippen LogP contribution in [0.5, 0.6) is 5.88 Å². The zero-order valence-corrected chi connectivity index (χ0v) is 13.5. The highest BCUT2D eigenvalue weighted by molar-refractivity contribution is 6.08. The molecule has 1 N–H and O–H groups in total. The van der Waals surface area contributed by atoms with Gasteiger partial charge in [0.05, 0.1) is 19.3 Å². The van der Waals surface area contributed by atoms with Gasteiger partial charge in [-0.3, -0.25) is 9.59 Å². The number of rotatable bonds is 4. The van der Waals surface area contributed by atoms with Crippen molar-refractivity contribution in [2.75, 3.05) is 18.6 Å². The number of benzene rings is 1. The van der Waals surface area contributed by atoms with Crippen LogP contribution in [0.2, 0.25) is 0 Å². The van der Waals surface area contributed by atoms with Crippen molar-refractivity contribution in [1.29, 1.82) is 0 Å². The number of methoxy groups -OCH3 is 1. The molecule has 1 aromatic carbocycles. The van der Waals surface area contributed by atoms with Crippen LogP contribution in [0.1, 0.15) is 16.1 Å². The monoisotopic (exact) mass is 332 g/mol. The van der Waals surface area contributed by atoms with Gasteiger partial charge in [0.25, 0.3) is 11.8 Å². The maximum absolute atomic E-state index is 12.9. The van der Waals surface area contributed by atoms with E-state index in [-0.39, 0.29) is 11.7 Å². The van der Waals surface area contributed by atoms with E-state index in [0.717, 1.165) is 0 Å². The lowest BCUT2D eigenvalue weighted by molar-refractivity contribution is -0.124. The molecule has 1 fully saturated rings. The number of hydrogen-bond donors (Lipinski definition) is 1. The van der Waals surface area contributed by atoms with E-state index in [1.54, 1.807) is 14.0 Å². The van der Waals surface area contributed by atoms with Crippen LogP contribution in [0.4, 0.5) is 10.1 Å². The summed E-state index contributed by atoms with van der Waals surface area (Å²) < 4.78 is 19.6. The number of hydrogen-bond acceptors (Lipinski definition) is 4. The Morgan fingerprint density at radius 1 is 1.38 bits per heavy atom. The second kappa shape index (κ2) is 5.95. The largest absolute Gasteiger partial charge is 0.481 e. The first-order valence-electron chi connectivity index (χ1n) is 7.37. The maximum atomic E-state index is 12.9. The Bertz CT molecular complexity index is 800. The third-order valence-electron chi connectivity index (χ3n) is 3.96. The molecule has 2 heterocycles. The van der Waals surface area contributed by atoms with Gasteiger partial charge in [-0.2, -0.15) is 5.10 Å². The molecule has 0 saturated carbocycles. The SMILES string of the molecule is COc1c(C(=O)N[C@H]2CN(c3ccc(F)cc3)C2=O)c(C)nn1C. The number of nitrogens with one attached hydrogen (secondary N) is 1. The normalized spacial score (nSPS) is 16.8. The molecular weight excluding hydrogens is 315 g/mol. The Labute approximate surface area is 138 Å². The minimum atomic E-state index is -0.619. The third kappa shape index (κ3) is 2.60. The van der Waals surface area contributed by atoms with Crippen LogP contribution in [-0.2, 0) is 11.8 Å². The Balaban J connectivity index is 1.69.